The zero-order valence-corrected chi connectivity index (χ0v) is 12.5. The summed E-state index contributed by atoms with van der Waals surface area (Å²) in [7, 11) is 0. The van der Waals surface area contributed by atoms with Crippen LogP contribution >= 0.6 is 0 Å². The third-order valence-corrected chi connectivity index (χ3v) is 2.40. The van der Waals surface area contributed by atoms with Gasteiger partial charge in [0.15, 0.2) is 0 Å². The molecule has 0 saturated heterocycles. The molecule has 0 amide bonds. The van der Waals surface area contributed by atoms with Crippen molar-refractivity contribution in [3.63, 3.8) is 0 Å². The second kappa shape index (κ2) is 19.3. The minimum atomic E-state index is -0.833. The average molecular weight is 270 g/mol. The standard InChI is InChI=1S/C14H26O.C2H4O2/c1-2-3-4-5-6-7-8-9-10-11-12-13-14-15;1-2(3)4/h9-12,15H,2-8,13-14H2,1H3;1H3,(H,3,4)/b10-9-,12-11+;. The Morgan fingerprint density at radius 2 is 1.42 bits per heavy atom. The molecule has 3 nitrogen and oxygen atoms in total. The monoisotopic (exact) mass is 270 g/mol. The molecular weight excluding hydrogens is 240 g/mol. The number of aliphatic hydroxyl groups excluding tert-OH is 1. The zero-order valence-electron chi connectivity index (χ0n) is 12.5. The number of aliphatic carboxylic acids is 1. The van der Waals surface area contributed by atoms with Crippen LogP contribution in [0.5, 0.6) is 0 Å². The topological polar surface area (TPSA) is 57.5 Å². The van der Waals surface area contributed by atoms with E-state index in [1.54, 1.807) is 0 Å². The van der Waals surface area contributed by atoms with Gasteiger partial charge in [0.25, 0.3) is 5.97 Å². The summed E-state index contributed by atoms with van der Waals surface area (Å²) < 4.78 is 0. The molecule has 0 aliphatic carbocycles. The van der Waals surface area contributed by atoms with Crippen LogP contribution in [0.15, 0.2) is 24.3 Å². The average Bonchev–Trinajstić information content (AvgIpc) is 2.35. The van der Waals surface area contributed by atoms with E-state index >= 15 is 0 Å². The van der Waals surface area contributed by atoms with Crippen LogP contribution in [0.25, 0.3) is 0 Å². The minimum Gasteiger partial charge on any atom is -0.481 e. The van der Waals surface area contributed by atoms with E-state index in [0.717, 1.165) is 13.3 Å². The van der Waals surface area contributed by atoms with E-state index < -0.39 is 5.97 Å². The highest BCUT2D eigenvalue weighted by Gasteiger charge is 1.87. The largest absolute Gasteiger partial charge is 0.481 e. The summed E-state index contributed by atoms with van der Waals surface area (Å²) in [4.78, 5) is 9.00. The molecule has 0 atom stereocenters. The Bertz CT molecular complexity index is 228. The van der Waals surface area contributed by atoms with E-state index in [2.05, 4.69) is 19.1 Å². The fraction of sp³-hybridized carbons (Fsp3) is 0.688. The summed E-state index contributed by atoms with van der Waals surface area (Å²) in [6.45, 7) is 3.59. The molecule has 0 saturated carbocycles. The van der Waals surface area contributed by atoms with Crippen molar-refractivity contribution in [2.24, 2.45) is 0 Å². The van der Waals surface area contributed by atoms with Gasteiger partial charge in [-0.15, -0.1) is 0 Å². The molecule has 0 bridgehead atoms. The van der Waals surface area contributed by atoms with Gasteiger partial charge in [-0.3, -0.25) is 4.79 Å². The van der Waals surface area contributed by atoms with Crippen LogP contribution in [0, 0.1) is 0 Å². The Morgan fingerprint density at radius 1 is 0.947 bits per heavy atom. The molecule has 0 aromatic heterocycles. The SMILES string of the molecule is CC(=O)O.CCCCCCCC/C=C\C=C\CCO. The number of hydrogen-bond donors (Lipinski definition) is 2. The fourth-order valence-electron chi connectivity index (χ4n) is 1.47. The van der Waals surface area contributed by atoms with Gasteiger partial charge in [0, 0.05) is 13.5 Å². The third-order valence-electron chi connectivity index (χ3n) is 2.40. The molecule has 3 heteroatoms. The Labute approximate surface area is 118 Å². The molecule has 19 heavy (non-hydrogen) atoms. The van der Waals surface area contributed by atoms with Crippen molar-refractivity contribution < 1.29 is 15.0 Å². The van der Waals surface area contributed by atoms with Crippen molar-refractivity contribution >= 4 is 5.97 Å². The first kappa shape index (κ1) is 20.2. The van der Waals surface area contributed by atoms with Crippen LogP contribution in [0.4, 0.5) is 0 Å². The smallest absolute Gasteiger partial charge is 0.300 e. The number of rotatable bonds is 10. The van der Waals surface area contributed by atoms with Gasteiger partial charge in [-0.05, 0) is 19.3 Å². The first-order chi connectivity index (χ1) is 9.15. The lowest BCUT2D eigenvalue weighted by Gasteiger charge is -1.97. The summed E-state index contributed by atoms with van der Waals surface area (Å²) >= 11 is 0. The van der Waals surface area contributed by atoms with Gasteiger partial charge in [-0.25, -0.2) is 0 Å². The van der Waals surface area contributed by atoms with E-state index in [-0.39, 0.29) is 6.61 Å². The van der Waals surface area contributed by atoms with E-state index in [0.29, 0.717) is 0 Å². The van der Waals surface area contributed by atoms with Crippen molar-refractivity contribution in [1.82, 2.24) is 0 Å². The molecule has 0 rings (SSSR count). The van der Waals surface area contributed by atoms with Crippen molar-refractivity contribution in [3.05, 3.63) is 24.3 Å². The molecule has 0 radical (unpaired) electrons. The van der Waals surface area contributed by atoms with Gasteiger partial charge in [-0.1, -0.05) is 63.3 Å². The van der Waals surface area contributed by atoms with E-state index in [1.807, 2.05) is 12.2 Å². The minimum absolute atomic E-state index is 0.252. The van der Waals surface area contributed by atoms with Gasteiger partial charge in [0.1, 0.15) is 0 Å². The van der Waals surface area contributed by atoms with Crippen LogP contribution in [0.3, 0.4) is 0 Å². The van der Waals surface area contributed by atoms with Crippen LogP contribution in [-0.4, -0.2) is 22.8 Å². The Kier molecular flexibility index (Phi) is 20.5. The van der Waals surface area contributed by atoms with Crippen molar-refractivity contribution in [1.29, 1.82) is 0 Å². The van der Waals surface area contributed by atoms with Gasteiger partial charge in [-0.2, -0.15) is 0 Å². The summed E-state index contributed by atoms with van der Waals surface area (Å²) in [5, 5.41) is 16.0. The number of carboxylic acids is 1. The highest BCUT2D eigenvalue weighted by molar-refractivity contribution is 5.62. The number of carbonyl (C=O) groups is 1. The Balaban J connectivity index is 0. The third kappa shape index (κ3) is 31.6. The maximum atomic E-state index is 9.00. The second-order valence-electron chi connectivity index (χ2n) is 4.44. The first-order valence-corrected chi connectivity index (χ1v) is 7.27. The summed E-state index contributed by atoms with van der Waals surface area (Å²) in [6.07, 6.45) is 18.5. The van der Waals surface area contributed by atoms with Crippen molar-refractivity contribution in [3.8, 4) is 0 Å². The zero-order chi connectivity index (χ0) is 14.8. The maximum absolute atomic E-state index is 9.00. The molecule has 0 spiro atoms. The number of unbranched alkanes of at least 4 members (excludes halogenated alkanes) is 6. The van der Waals surface area contributed by atoms with Crippen molar-refractivity contribution in [2.75, 3.05) is 6.61 Å². The molecular formula is C16H30O3. The molecule has 0 aromatic carbocycles. The molecule has 112 valence electrons. The summed E-state index contributed by atoms with van der Waals surface area (Å²) in [5.74, 6) is -0.833. The quantitative estimate of drug-likeness (QED) is 0.459. The normalized spacial score (nSPS) is 10.7. The molecule has 0 aliphatic rings. The molecule has 0 aliphatic heterocycles. The van der Waals surface area contributed by atoms with Crippen LogP contribution in [-0.2, 0) is 4.79 Å². The fourth-order valence-corrected chi connectivity index (χ4v) is 1.47. The lowest BCUT2D eigenvalue weighted by molar-refractivity contribution is -0.134. The summed E-state index contributed by atoms with van der Waals surface area (Å²) in [5.41, 5.74) is 0. The van der Waals surface area contributed by atoms with Gasteiger partial charge >= 0.3 is 0 Å². The van der Waals surface area contributed by atoms with Crippen molar-refractivity contribution in [2.45, 2.75) is 65.2 Å². The van der Waals surface area contributed by atoms with Crippen LogP contribution in [0.2, 0.25) is 0 Å². The van der Waals surface area contributed by atoms with Crippen LogP contribution in [0.1, 0.15) is 65.2 Å². The van der Waals surface area contributed by atoms with E-state index in [1.165, 1.54) is 44.9 Å². The lowest BCUT2D eigenvalue weighted by Crippen LogP contribution is -1.78. The van der Waals surface area contributed by atoms with Gasteiger partial charge < -0.3 is 10.2 Å². The predicted octanol–water partition coefficient (Wildman–Crippen LogP) is 4.32. The summed E-state index contributed by atoms with van der Waals surface area (Å²) in [6, 6.07) is 0. The predicted molar refractivity (Wildman–Crippen MR) is 81.3 cm³/mol. The molecule has 2 N–H and O–H groups in total. The first-order valence-electron chi connectivity index (χ1n) is 7.27. The highest BCUT2D eigenvalue weighted by Crippen LogP contribution is 2.07. The van der Waals surface area contributed by atoms with E-state index in [4.69, 9.17) is 15.0 Å². The number of aliphatic hydroxyl groups is 1. The molecule has 0 aromatic rings. The maximum Gasteiger partial charge on any atom is 0.300 e. The molecule has 0 heterocycles. The Morgan fingerprint density at radius 3 is 1.95 bits per heavy atom. The second-order valence-corrected chi connectivity index (χ2v) is 4.44. The number of hydrogen-bond acceptors (Lipinski definition) is 2. The lowest BCUT2D eigenvalue weighted by atomic mass is 10.1. The van der Waals surface area contributed by atoms with Gasteiger partial charge in [0.2, 0.25) is 0 Å². The van der Waals surface area contributed by atoms with Crippen LogP contribution < -0.4 is 0 Å². The Hall–Kier alpha value is -1.09. The number of allylic oxidation sites excluding steroid dienone is 3. The highest BCUT2D eigenvalue weighted by atomic mass is 16.4. The molecule has 0 fully saturated rings. The number of carboxylic acid groups (broad SMARTS) is 1. The van der Waals surface area contributed by atoms with E-state index in [9.17, 15) is 0 Å². The van der Waals surface area contributed by atoms with Gasteiger partial charge in [0.05, 0.1) is 0 Å². The molecule has 0 unspecified atom stereocenters.